The van der Waals surface area contributed by atoms with Crippen LogP contribution < -0.4 is 10.5 Å². The fraction of sp³-hybridized carbons (Fsp3) is 0.571. The second-order valence-corrected chi connectivity index (χ2v) is 5.36. The molecular formula is C14H22ClN3O. The number of likely N-dealkylation sites (N-methyl/N-ethyl adjacent to an activating group) is 1. The van der Waals surface area contributed by atoms with Crippen LogP contribution >= 0.6 is 11.6 Å². The van der Waals surface area contributed by atoms with E-state index in [1.54, 1.807) is 0 Å². The normalized spacial score (nSPS) is 17.6. The molecule has 0 atom stereocenters. The van der Waals surface area contributed by atoms with Crippen molar-refractivity contribution in [3.63, 3.8) is 0 Å². The van der Waals surface area contributed by atoms with Crippen molar-refractivity contribution in [1.29, 1.82) is 0 Å². The Bertz CT molecular complexity index is 406. The average molecular weight is 284 g/mol. The minimum absolute atomic E-state index is 0.459. The van der Waals surface area contributed by atoms with E-state index in [0.29, 0.717) is 18.2 Å². The van der Waals surface area contributed by atoms with Crippen LogP contribution in [-0.4, -0.2) is 56.2 Å². The zero-order valence-electron chi connectivity index (χ0n) is 11.4. The Morgan fingerprint density at radius 2 is 2.00 bits per heavy atom. The molecule has 0 saturated carbocycles. The van der Waals surface area contributed by atoms with Gasteiger partial charge in [0, 0.05) is 44.3 Å². The monoisotopic (exact) mass is 283 g/mol. The lowest BCUT2D eigenvalue weighted by atomic mass is 10.2. The van der Waals surface area contributed by atoms with Crippen LogP contribution in [0.5, 0.6) is 5.75 Å². The number of nitrogens with zero attached hydrogens (tertiary/aromatic N) is 2. The van der Waals surface area contributed by atoms with E-state index in [-0.39, 0.29) is 0 Å². The highest BCUT2D eigenvalue weighted by Gasteiger charge is 2.13. The van der Waals surface area contributed by atoms with Gasteiger partial charge in [-0.3, -0.25) is 4.90 Å². The lowest BCUT2D eigenvalue weighted by Crippen LogP contribution is -2.45. The maximum Gasteiger partial charge on any atom is 0.120 e. The standard InChI is InChI=1S/C14H22ClN3O/c1-17-4-6-18(7-5-17)8-9-19-13-3-2-12(11-16)14(15)10-13/h2-3,10H,4-9,11,16H2,1H3. The first-order valence-electron chi connectivity index (χ1n) is 6.71. The lowest BCUT2D eigenvalue weighted by molar-refractivity contribution is 0.134. The summed E-state index contributed by atoms with van der Waals surface area (Å²) >= 11 is 6.10. The molecule has 0 radical (unpaired) electrons. The summed E-state index contributed by atoms with van der Waals surface area (Å²) in [6.45, 7) is 6.63. The fourth-order valence-electron chi connectivity index (χ4n) is 2.15. The molecule has 2 N–H and O–H groups in total. The SMILES string of the molecule is CN1CCN(CCOc2ccc(CN)c(Cl)c2)CC1. The smallest absolute Gasteiger partial charge is 0.120 e. The molecule has 2 rings (SSSR count). The summed E-state index contributed by atoms with van der Waals surface area (Å²) in [5.74, 6) is 0.816. The molecule has 0 amide bonds. The molecule has 0 aromatic heterocycles. The minimum Gasteiger partial charge on any atom is -0.492 e. The number of benzene rings is 1. The Hall–Kier alpha value is -0.810. The quantitative estimate of drug-likeness (QED) is 0.888. The molecule has 5 heteroatoms. The van der Waals surface area contributed by atoms with Crippen molar-refractivity contribution in [3.05, 3.63) is 28.8 Å². The van der Waals surface area contributed by atoms with Gasteiger partial charge in [-0.2, -0.15) is 0 Å². The summed E-state index contributed by atoms with van der Waals surface area (Å²) in [5.41, 5.74) is 6.53. The lowest BCUT2D eigenvalue weighted by Gasteiger charge is -2.32. The highest BCUT2D eigenvalue weighted by molar-refractivity contribution is 6.31. The number of halogens is 1. The predicted molar refractivity (Wildman–Crippen MR) is 78.8 cm³/mol. The van der Waals surface area contributed by atoms with Crippen molar-refractivity contribution in [1.82, 2.24) is 9.80 Å². The highest BCUT2D eigenvalue weighted by atomic mass is 35.5. The molecule has 1 aliphatic rings. The zero-order valence-corrected chi connectivity index (χ0v) is 12.2. The van der Waals surface area contributed by atoms with E-state index in [0.717, 1.165) is 44.0 Å². The summed E-state index contributed by atoms with van der Waals surface area (Å²) in [4.78, 5) is 4.78. The van der Waals surface area contributed by atoms with Crippen LogP contribution in [0, 0.1) is 0 Å². The van der Waals surface area contributed by atoms with Crippen LogP contribution in [0.4, 0.5) is 0 Å². The summed E-state index contributed by atoms with van der Waals surface area (Å²) in [6, 6.07) is 5.69. The number of hydrogen-bond acceptors (Lipinski definition) is 4. The molecule has 0 unspecified atom stereocenters. The number of piperazine rings is 1. The van der Waals surface area contributed by atoms with Crippen molar-refractivity contribution in [2.75, 3.05) is 46.4 Å². The maximum atomic E-state index is 6.10. The molecule has 19 heavy (non-hydrogen) atoms. The Labute approximate surface area is 120 Å². The third-order valence-electron chi connectivity index (χ3n) is 3.52. The van der Waals surface area contributed by atoms with Gasteiger partial charge in [-0.1, -0.05) is 17.7 Å². The molecule has 0 aliphatic carbocycles. The molecule has 1 aliphatic heterocycles. The van der Waals surface area contributed by atoms with Crippen LogP contribution in [0.3, 0.4) is 0 Å². The van der Waals surface area contributed by atoms with E-state index in [9.17, 15) is 0 Å². The van der Waals surface area contributed by atoms with Crippen LogP contribution in [0.2, 0.25) is 5.02 Å². The van der Waals surface area contributed by atoms with E-state index >= 15 is 0 Å². The molecule has 0 spiro atoms. The van der Waals surface area contributed by atoms with Gasteiger partial charge >= 0.3 is 0 Å². The Kier molecular flexibility index (Phi) is 5.45. The Balaban J connectivity index is 1.75. The molecule has 1 aromatic rings. The number of ether oxygens (including phenoxy) is 1. The van der Waals surface area contributed by atoms with Crippen molar-refractivity contribution in [2.45, 2.75) is 6.54 Å². The summed E-state index contributed by atoms with van der Waals surface area (Å²) in [5, 5.41) is 0.680. The van der Waals surface area contributed by atoms with Gasteiger partial charge in [0.05, 0.1) is 0 Å². The second kappa shape index (κ2) is 7.10. The van der Waals surface area contributed by atoms with Crippen LogP contribution in [0.15, 0.2) is 18.2 Å². The van der Waals surface area contributed by atoms with Gasteiger partial charge in [-0.05, 0) is 24.7 Å². The van der Waals surface area contributed by atoms with Crippen LogP contribution in [-0.2, 0) is 6.54 Å². The van der Waals surface area contributed by atoms with Gasteiger partial charge < -0.3 is 15.4 Å². The van der Waals surface area contributed by atoms with E-state index in [1.807, 2.05) is 18.2 Å². The van der Waals surface area contributed by atoms with Crippen LogP contribution in [0.25, 0.3) is 0 Å². The van der Waals surface area contributed by atoms with Gasteiger partial charge in [0.15, 0.2) is 0 Å². The molecule has 1 heterocycles. The summed E-state index contributed by atoms with van der Waals surface area (Å²) < 4.78 is 5.74. The number of nitrogens with two attached hydrogens (primary N) is 1. The topological polar surface area (TPSA) is 41.7 Å². The van der Waals surface area contributed by atoms with E-state index in [4.69, 9.17) is 22.1 Å². The van der Waals surface area contributed by atoms with E-state index in [2.05, 4.69) is 16.8 Å². The van der Waals surface area contributed by atoms with Gasteiger partial charge in [0.25, 0.3) is 0 Å². The van der Waals surface area contributed by atoms with Gasteiger partial charge in [-0.15, -0.1) is 0 Å². The van der Waals surface area contributed by atoms with Crippen molar-refractivity contribution < 1.29 is 4.74 Å². The number of rotatable bonds is 5. The Morgan fingerprint density at radius 1 is 1.26 bits per heavy atom. The van der Waals surface area contributed by atoms with E-state index < -0.39 is 0 Å². The van der Waals surface area contributed by atoms with Gasteiger partial charge in [-0.25, -0.2) is 0 Å². The third-order valence-corrected chi connectivity index (χ3v) is 3.87. The average Bonchev–Trinajstić information content (AvgIpc) is 2.41. The predicted octanol–water partition coefficient (Wildman–Crippen LogP) is 1.42. The van der Waals surface area contributed by atoms with Gasteiger partial charge in [0.1, 0.15) is 12.4 Å². The van der Waals surface area contributed by atoms with Crippen LogP contribution in [0.1, 0.15) is 5.56 Å². The zero-order chi connectivity index (χ0) is 13.7. The largest absolute Gasteiger partial charge is 0.492 e. The first-order chi connectivity index (χ1) is 9.19. The number of hydrogen-bond donors (Lipinski definition) is 1. The van der Waals surface area contributed by atoms with Crippen molar-refractivity contribution in [3.8, 4) is 5.75 Å². The third kappa shape index (κ3) is 4.35. The highest BCUT2D eigenvalue weighted by Crippen LogP contribution is 2.22. The molecule has 0 bridgehead atoms. The molecular weight excluding hydrogens is 262 g/mol. The molecule has 4 nitrogen and oxygen atoms in total. The molecule has 1 saturated heterocycles. The van der Waals surface area contributed by atoms with Crippen molar-refractivity contribution >= 4 is 11.6 Å². The summed E-state index contributed by atoms with van der Waals surface area (Å²) in [6.07, 6.45) is 0. The second-order valence-electron chi connectivity index (χ2n) is 4.95. The maximum absolute atomic E-state index is 6.10. The first-order valence-corrected chi connectivity index (χ1v) is 7.09. The summed E-state index contributed by atoms with van der Waals surface area (Å²) in [7, 11) is 2.16. The van der Waals surface area contributed by atoms with E-state index in [1.165, 1.54) is 0 Å². The first kappa shape index (κ1) is 14.6. The Morgan fingerprint density at radius 3 is 2.63 bits per heavy atom. The molecule has 106 valence electrons. The van der Waals surface area contributed by atoms with Crippen molar-refractivity contribution in [2.24, 2.45) is 5.73 Å². The fourth-order valence-corrected chi connectivity index (χ4v) is 2.40. The minimum atomic E-state index is 0.459. The molecule has 1 fully saturated rings. The van der Waals surface area contributed by atoms with Gasteiger partial charge in [0.2, 0.25) is 0 Å². The molecule has 1 aromatic carbocycles.